The van der Waals surface area contributed by atoms with E-state index in [4.69, 9.17) is 4.74 Å². The van der Waals surface area contributed by atoms with Gasteiger partial charge in [0.05, 0.1) is 23.2 Å². The third kappa shape index (κ3) is 3.50. The predicted octanol–water partition coefficient (Wildman–Crippen LogP) is 3.27. The highest BCUT2D eigenvalue weighted by Crippen LogP contribution is 2.40. The molecule has 1 aliphatic rings. The molecule has 0 bridgehead atoms. The van der Waals surface area contributed by atoms with Gasteiger partial charge in [-0.2, -0.15) is 13.2 Å². The van der Waals surface area contributed by atoms with Gasteiger partial charge in [0.1, 0.15) is 6.10 Å². The van der Waals surface area contributed by atoms with Crippen LogP contribution in [0.15, 0.2) is 36.4 Å². The van der Waals surface area contributed by atoms with E-state index in [1.165, 1.54) is 12.2 Å². The monoisotopic (exact) mass is 329 g/mol. The van der Waals surface area contributed by atoms with Crippen LogP contribution < -0.4 is 4.74 Å². The number of benzene rings is 1. The van der Waals surface area contributed by atoms with Crippen molar-refractivity contribution in [1.82, 2.24) is 0 Å². The number of alkyl halides is 3. The van der Waals surface area contributed by atoms with Crippen LogP contribution in [0.4, 0.5) is 18.9 Å². The van der Waals surface area contributed by atoms with Crippen LogP contribution in [0.5, 0.6) is 5.75 Å². The Labute approximate surface area is 128 Å². The molecule has 0 atom stereocenters. The standard InChI is InChI=1S/C14H10F3NO5/c1-22-13(19)9-6-11(18(20)21)12(7-10(9)14(15,16)17)23-8-4-2-3-5-8/h2-8H,1H3. The number of hydrogen-bond donors (Lipinski definition) is 0. The van der Waals surface area contributed by atoms with Crippen molar-refractivity contribution in [1.29, 1.82) is 0 Å². The minimum atomic E-state index is -4.90. The molecule has 0 aromatic heterocycles. The molecule has 0 saturated carbocycles. The van der Waals surface area contributed by atoms with Crippen molar-refractivity contribution in [3.63, 3.8) is 0 Å². The smallest absolute Gasteiger partial charge is 0.417 e. The Balaban J connectivity index is 2.60. The number of halogens is 3. The first-order valence-corrected chi connectivity index (χ1v) is 6.23. The first kappa shape index (κ1) is 16.5. The molecule has 0 heterocycles. The molecular weight excluding hydrogens is 319 g/mol. The number of carbonyl (C=O) groups is 1. The number of nitrogens with zero attached hydrogens (tertiary/aromatic N) is 1. The van der Waals surface area contributed by atoms with Crippen molar-refractivity contribution in [3.8, 4) is 5.75 Å². The zero-order chi connectivity index (χ0) is 17.2. The van der Waals surface area contributed by atoms with Gasteiger partial charge in [-0.25, -0.2) is 4.79 Å². The summed E-state index contributed by atoms with van der Waals surface area (Å²) < 4.78 is 48.8. The van der Waals surface area contributed by atoms with E-state index in [2.05, 4.69) is 4.74 Å². The van der Waals surface area contributed by atoms with Crippen molar-refractivity contribution in [2.75, 3.05) is 7.11 Å². The van der Waals surface area contributed by atoms with Crippen molar-refractivity contribution >= 4 is 11.7 Å². The van der Waals surface area contributed by atoms with E-state index >= 15 is 0 Å². The molecule has 122 valence electrons. The van der Waals surface area contributed by atoms with Crippen molar-refractivity contribution in [3.05, 3.63) is 57.7 Å². The average Bonchev–Trinajstić information content (AvgIpc) is 2.97. The maximum Gasteiger partial charge on any atom is 0.417 e. The Kier molecular flexibility index (Phi) is 4.39. The summed E-state index contributed by atoms with van der Waals surface area (Å²) in [6.45, 7) is 0. The van der Waals surface area contributed by atoms with Gasteiger partial charge in [-0.15, -0.1) is 0 Å². The van der Waals surface area contributed by atoms with Gasteiger partial charge in [-0.05, 0) is 12.2 Å². The molecule has 9 heteroatoms. The molecule has 1 aliphatic carbocycles. The Bertz CT molecular complexity index is 697. The molecule has 0 N–H and O–H groups in total. The number of nitro groups is 1. The second kappa shape index (κ2) is 6.11. The Morgan fingerprint density at radius 1 is 1.26 bits per heavy atom. The summed E-state index contributed by atoms with van der Waals surface area (Å²) in [7, 11) is 0.882. The molecule has 0 spiro atoms. The van der Waals surface area contributed by atoms with Crippen LogP contribution in [0.1, 0.15) is 15.9 Å². The van der Waals surface area contributed by atoms with E-state index in [1.54, 1.807) is 12.2 Å². The second-order valence-corrected chi connectivity index (χ2v) is 4.46. The first-order chi connectivity index (χ1) is 10.7. The molecule has 0 aliphatic heterocycles. The van der Waals surface area contributed by atoms with Crippen LogP contribution in [-0.4, -0.2) is 24.1 Å². The molecule has 0 fully saturated rings. The van der Waals surface area contributed by atoms with Gasteiger partial charge in [-0.1, -0.05) is 12.2 Å². The highest BCUT2D eigenvalue weighted by Gasteiger charge is 2.39. The van der Waals surface area contributed by atoms with Crippen molar-refractivity contribution < 1.29 is 32.4 Å². The summed E-state index contributed by atoms with van der Waals surface area (Å²) in [5.41, 5.74) is -3.07. The molecule has 2 rings (SSSR count). The fourth-order valence-corrected chi connectivity index (χ4v) is 1.96. The number of rotatable bonds is 4. The van der Waals surface area contributed by atoms with Gasteiger partial charge in [0.25, 0.3) is 0 Å². The molecule has 1 aromatic rings. The van der Waals surface area contributed by atoms with E-state index in [0.717, 1.165) is 7.11 Å². The lowest BCUT2D eigenvalue weighted by Gasteiger charge is -2.15. The third-order valence-corrected chi connectivity index (χ3v) is 2.98. The van der Waals surface area contributed by atoms with Crippen LogP contribution in [-0.2, 0) is 10.9 Å². The highest BCUT2D eigenvalue weighted by atomic mass is 19.4. The number of methoxy groups -OCH3 is 1. The van der Waals surface area contributed by atoms with Crippen LogP contribution in [0.2, 0.25) is 0 Å². The lowest BCUT2D eigenvalue weighted by atomic mass is 10.0. The summed E-state index contributed by atoms with van der Waals surface area (Å²) in [4.78, 5) is 21.7. The van der Waals surface area contributed by atoms with Crippen molar-refractivity contribution in [2.24, 2.45) is 0 Å². The Hall–Kier alpha value is -2.84. The third-order valence-electron chi connectivity index (χ3n) is 2.98. The lowest BCUT2D eigenvalue weighted by Crippen LogP contribution is -2.17. The molecular formula is C14H10F3NO5. The summed E-state index contributed by atoms with van der Waals surface area (Å²) in [5, 5.41) is 11.1. The van der Waals surface area contributed by atoms with Gasteiger partial charge in [0.2, 0.25) is 0 Å². The normalized spacial score (nSPS) is 14.1. The maximum atomic E-state index is 13.1. The first-order valence-electron chi connectivity index (χ1n) is 6.23. The summed E-state index contributed by atoms with van der Waals surface area (Å²) >= 11 is 0. The highest BCUT2D eigenvalue weighted by molar-refractivity contribution is 5.92. The number of hydrogen-bond acceptors (Lipinski definition) is 5. The van der Waals surface area contributed by atoms with E-state index in [1.807, 2.05) is 0 Å². The van der Waals surface area contributed by atoms with Crippen LogP contribution in [0.3, 0.4) is 0 Å². The van der Waals surface area contributed by atoms with Gasteiger partial charge < -0.3 is 9.47 Å². The van der Waals surface area contributed by atoms with Gasteiger partial charge in [0, 0.05) is 12.1 Å². The zero-order valence-electron chi connectivity index (χ0n) is 11.7. The number of esters is 1. The minimum absolute atomic E-state index is 0.435. The summed E-state index contributed by atoms with van der Waals surface area (Å²) in [5.74, 6) is -1.91. The maximum absolute atomic E-state index is 13.1. The summed E-state index contributed by atoms with van der Waals surface area (Å²) in [6, 6.07) is 0.941. The van der Waals surface area contributed by atoms with Gasteiger partial charge in [0.15, 0.2) is 5.75 Å². The molecule has 6 nitrogen and oxygen atoms in total. The fourth-order valence-electron chi connectivity index (χ4n) is 1.96. The van der Waals surface area contributed by atoms with Gasteiger partial charge >= 0.3 is 17.8 Å². The number of carbonyl (C=O) groups excluding carboxylic acids is 1. The molecule has 0 amide bonds. The van der Waals surface area contributed by atoms with Crippen LogP contribution >= 0.6 is 0 Å². The second-order valence-electron chi connectivity index (χ2n) is 4.46. The number of allylic oxidation sites excluding steroid dienone is 2. The summed E-state index contributed by atoms with van der Waals surface area (Å²) in [6.07, 6.45) is 0.557. The number of ether oxygens (including phenoxy) is 2. The Morgan fingerprint density at radius 3 is 2.35 bits per heavy atom. The minimum Gasteiger partial charge on any atom is -0.475 e. The molecule has 23 heavy (non-hydrogen) atoms. The quantitative estimate of drug-likeness (QED) is 0.481. The largest absolute Gasteiger partial charge is 0.475 e. The molecule has 0 radical (unpaired) electrons. The van der Waals surface area contributed by atoms with Crippen LogP contribution in [0.25, 0.3) is 0 Å². The SMILES string of the molecule is COC(=O)c1cc([N+](=O)[O-])c(OC2C=CC=C2)cc1C(F)(F)F. The van der Waals surface area contributed by atoms with E-state index in [9.17, 15) is 28.1 Å². The molecule has 0 unspecified atom stereocenters. The van der Waals surface area contributed by atoms with Crippen LogP contribution in [0, 0.1) is 10.1 Å². The predicted molar refractivity (Wildman–Crippen MR) is 72.1 cm³/mol. The zero-order valence-corrected chi connectivity index (χ0v) is 11.7. The fraction of sp³-hybridized carbons (Fsp3) is 0.214. The van der Waals surface area contributed by atoms with Crippen molar-refractivity contribution in [2.45, 2.75) is 12.3 Å². The molecule has 0 saturated heterocycles. The van der Waals surface area contributed by atoms with Gasteiger partial charge in [-0.3, -0.25) is 10.1 Å². The molecule has 1 aromatic carbocycles. The van der Waals surface area contributed by atoms with E-state index < -0.39 is 45.7 Å². The Morgan fingerprint density at radius 2 is 1.87 bits per heavy atom. The number of nitro benzene ring substituents is 1. The lowest BCUT2D eigenvalue weighted by molar-refractivity contribution is -0.386. The van der Waals surface area contributed by atoms with E-state index in [0.29, 0.717) is 12.1 Å². The topological polar surface area (TPSA) is 78.7 Å². The average molecular weight is 329 g/mol. The van der Waals surface area contributed by atoms with E-state index in [-0.39, 0.29) is 0 Å².